The Morgan fingerprint density at radius 1 is 1.12 bits per heavy atom. The second-order valence-electron chi connectivity index (χ2n) is 8.03. The van der Waals surface area contributed by atoms with Crippen LogP contribution in [-0.4, -0.2) is 64.7 Å². The molecule has 0 aromatic carbocycles. The highest BCUT2D eigenvalue weighted by molar-refractivity contribution is 5.94. The van der Waals surface area contributed by atoms with E-state index in [-0.39, 0.29) is 5.91 Å². The molecule has 3 heterocycles. The topological polar surface area (TPSA) is 64.3 Å². The van der Waals surface area contributed by atoms with Crippen LogP contribution in [0.1, 0.15) is 47.4 Å². The van der Waals surface area contributed by atoms with Crippen LogP contribution >= 0.6 is 0 Å². The SMILES string of the molecule is O=C(c1n[nH]c2c1CNCC2)N1CCN(C2CC3CCC2C3)CC1. The van der Waals surface area contributed by atoms with E-state index < -0.39 is 0 Å². The standard InChI is InChI=1S/C18H27N5O/c24-18(17-14-11-19-4-3-15(14)20-21-17)23-7-5-22(6-8-23)16-10-12-1-2-13(16)9-12/h12-13,16,19H,1-11H2,(H,20,21). The lowest BCUT2D eigenvalue weighted by Crippen LogP contribution is -2.53. The number of fused-ring (bicyclic) bond motifs is 3. The van der Waals surface area contributed by atoms with Gasteiger partial charge >= 0.3 is 0 Å². The third kappa shape index (κ3) is 2.39. The first-order chi connectivity index (χ1) is 11.8. The minimum absolute atomic E-state index is 0.115. The Kier molecular flexibility index (Phi) is 3.63. The van der Waals surface area contributed by atoms with Crippen molar-refractivity contribution in [1.29, 1.82) is 0 Å². The zero-order valence-corrected chi connectivity index (χ0v) is 14.3. The summed E-state index contributed by atoms with van der Waals surface area (Å²) in [7, 11) is 0. The molecule has 1 amide bonds. The Balaban J connectivity index is 1.23. The first-order valence-corrected chi connectivity index (χ1v) is 9.60. The summed E-state index contributed by atoms with van der Waals surface area (Å²) in [5, 5.41) is 10.7. The number of hydrogen-bond donors (Lipinski definition) is 2. The zero-order chi connectivity index (χ0) is 16.1. The van der Waals surface area contributed by atoms with Crippen molar-refractivity contribution in [3.05, 3.63) is 17.0 Å². The highest BCUT2D eigenvalue weighted by atomic mass is 16.2. The molecule has 1 aromatic heterocycles. The number of carbonyl (C=O) groups is 1. The Bertz CT molecular complexity index is 633. The number of aromatic amines is 1. The summed E-state index contributed by atoms with van der Waals surface area (Å²) in [5.74, 6) is 2.04. The van der Waals surface area contributed by atoms with Crippen molar-refractivity contribution < 1.29 is 4.79 Å². The van der Waals surface area contributed by atoms with Gasteiger partial charge in [0.25, 0.3) is 5.91 Å². The Morgan fingerprint density at radius 3 is 2.75 bits per heavy atom. The molecule has 2 N–H and O–H groups in total. The largest absolute Gasteiger partial charge is 0.335 e. The molecule has 0 spiro atoms. The van der Waals surface area contributed by atoms with Crippen LogP contribution in [0.15, 0.2) is 0 Å². The maximum absolute atomic E-state index is 12.9. The highest BCUT2D eigenvalue weighted by Gasteiger charge is 2.43. The summed E-state index contributed by atoms with van der Waals surface area (Å²) in [6, 6.07) is 0.795. The number of carbonyl (C=O) groups excluding carboxylic acids is 1. The van der Waals surface area contributed by atoms with E-state index in [1.807, 2.05) is 4.90 Å². The monoisotopic (exact) mass is 329 g/mol. The Morgan fingerprint density at radius 2 is 2.00 bits per heavy atom. The molecule has 2 bridgehead atoms. The maximum Gasteiger partial charge on any atom is 0.274 e. The molecular weight excluding hydrogens is 302 g/mol. The number of H-pyrrole nitrogens is 1. The van der Waals surface area contributed by atoms with Crippen molar-refractivity contribution in [3.63, 3.8) is 0 Å². The van der Waals surface area contributed by atoms with Gasteiger partial charge in [-0.1, -0.05) is 6.42 Å². The quantitative estimate of drug-likeness (QED) is 0.850. The van der Waals surface area contributed by atoms with E-state index in [9.17, 15) is 4.79 Å². The number of nitrogens with zero attached hydrogens (tertiary/aromatic N) is 3. The van der Waals surface area contributed by atoms with E-state index in [0.29, 0.717) is 5.69 Å². The summed E-state index contributed by atoms with van der Waals surface area (Å²) in [4.78, 5) is 17.6. The van der Waals surface area contributed by atoms with E-state index in [2.05, 4.69) is 20.4 Å². The van der Waals surface area contributed by atoms with Gasteiger partial charge in [0.05, 0.1) is 0 Å². The molecule has 4 aliphatic rings. The van der Waals surface area contributed by atoms with Gasteiger partial charge in [-0.3, -0.25) is 14.8 Å². The third-order valence-electron chi connectivity index (χ3n) is 6.78. The molecule has 130 valence electrons. The third-order valence-corrected chi connectivity index (χ3v) is 6.78. The lowest BCUT2D eigenvalue weighted by atomic mass is 9.93. The number of nitrogens with one attached hydrogen (secondary N) is 2. The molecule has 24 heavy (non-hydrogen) atoms. The number of hydrogen-bond acceptors (Lipinski definition) is 4. The van der Waals surface area contributed by atoms with Gasteiger partial charge in [0.1, 0.15) is 0 Å². The summed E-state index contributed by atoms with van der Waals surface area (Å²) >= 11 is 0. The van der Waals surface area contributed by atoms with Crippen LogP contribution in [0.25, 0.3) is 0 Å². The Labute approximate surface area is 143 Å². The van der Waals surface area contributed by atoms with Gasteiger partial charge in [0, 0.05) is 63.0 Å². The molecule has 6 heteroatoms. The van der Waals surface area contributed by atoms with Gasteiger partial charge in [0.2, 0.25) is 0 Å². The van der Waals surface area contributed by atoms with Crippen molar-refractivity contribution in [2.75, 3.05) is 32.7 Å². The molecule has 2 aliphatic carbocycles. The van der Waals surface area contributed by atoms with Gasteiger partial charge in [-0.15, -0.1) is 0 Å². The minimum Gasteiger partial charge on any atom is -0.335 e. The summed E-state index contributed by atoms with van der Waals surface area (Å²) in [6.07, 6.45) is 6.68. The number of aromatic nitrogens is 2. The van der Waals surface area contributed by atoms with Crippen molar-refractivity contribution in [2.45, 2.75) is 44.7 Å². The fourth-order valence-corrected chi connectivity index (χ4v) is 5.47. The van der Waals surface area contributed by atoms with Gasteiger partial charge in [-0.05, 0) is 31.1 Å². The number of rotatable bonds is 2. The Hall–Kier alpha value is -1.40. The van der Waals surface area contributed by atoms with E-state index >= 15 is 0 Å². The van der Waals surface area contributed by atoms with Crippen LogP contribution < -0.4 is 5.32 Å². The van der Waals surface area contributed by atoms with Crippen LogP contribution in [0.4, 0.5) is 0 Å². The fourth-order valence-electron chi connectivity index (χ4n) is 5.47. The van der Waals surface area contributed by atoms with Crippen molar-refractivity contribution in [1.82, 2.24) is 25.3 Å². The van der Waals surface area contributed by atoms with Crippen LogP contribution in [0, 0.1) is 11.8 Å². The van der Waals surface area contributed by atoms with Crippen LogP contribution in [0.5, 0.6) is 0 Å². The van der Waals surface area contributed by atoms with Gasteiger partial charge < -0.3 is 10.2 Å². The fraction of sp³-hybridized carbons (Fsp3) is 0.778. The van der Waals surface area contributed by atoms with Gasteiger partial charge in [-0.2, -0.15) is 5.10 Å². The van der Waals surface area contributed by atoms with Crippen LogP contribution in [0.2, 0.25) is 0 Å². The normalized spacial score (nSPS) is 33.0. The van der Waals surface area contributed by atoms with Crippen LogP contribution in [-0.2, 0) is 13.0 Å². The second-order valence-corrected chi connectivity index (χ2v) is 8.03. The lowest BCUT2D eigenvalue weighted by molar-refractivity contribution is 0.0490. The molecule has 0 radical (unpaired) electrons. The van der Waals surface area contributed by atoms with Crippen molar-refractivity contribution >= 4 is 5.91 Å². The highest BCUT2D eigenvalue weighted by Crippen LogP contribution is 2.46. The molecule has 2 saturated carbocycles. The first kappa shape index (κ1) is 14.9. The molecule has 5 rings (SSSR count). The zero-order valence-electron chi connectivity index (χ0n) is 14.3. The maximum atomic E-state index is 12.9. The predicted molar refractivity (Wildman–Crippen MR) is 90.7 cm³/mol. The molecule has 6 nitrogen and oxygen atoms in total. The van der Waals surface area contributed by atoms with Gasteiger partial charge in [0.15, 0.2) is 5.69 Å². The van der Waals surface area contributed by atoms with Crippen molar-refractivity contribution in [2.24, 2.45) is 11.8 Å². The molecule has 3 unspecified atom stereocenters. The second kappa shape index (κ2) is 5.85. The molecule has 1 saturated heterocycles. The van der Waals surface area contributed by atoms with E-state index in [1.165, 1.54) is 25.7 Å². The van der Waals surface area contributed by atoms with Crippen LogP contribution in [0.3, 0.4) is 0 Å². The molecule has 3 atom stereocenters. The summed E-state index contributed by atoms with van der Waals surface area (Å²) < 4.78 is 0. The smallest absolute Gasteiger partial charge is 0.274 e. The average Bonchev–Trinajstić information content (AvgIpc) is 3.36. The number of piperazine rings is 1. The predicted octanol–water partition coefficient (Wildman–Crippen LogP) is 1.00. The van der Waals surface area contributed by atoms with Gasteiger partial charge in [-0.25, -0.2) is 0 Å². The lowest BCUT2D eigenvalue weighted by Gasteiger charge is -2.40. The summed E-state index contributed by atoms with van der Waals surface area (Å²) in [6.45, 7) is 5.49. The summed E-state index contributed by atoms with van der Waals surface area (Å²) in [5.41, 5.74) is 2.87. The van der Waals surface area contributed by atoms with E-state index in [1.54, 1.807) is 0 Å². The minimum atomic E-state index is 0.115. The van der Waals surface area contributed by atoms with Crippen molar-refractivity contribution in [3.8, 4) is 0 Å². The number of amides is 1. The molecule has 3 fully saturated rings. The van der Waals surface area contributed by atoms with E-state index in [0.717, 1.165) is 74.8 Å². The average molecular weight is 329 g/mol. The molecular formula is C18H27N5O. The van der Waals surface area contributed by atoms with E-state index in [4.69, 9.17) is 0 Å². The molecule has 1 aromatic rings. The first-order valence-electron chi connectivity index (χ1n) is 9.60. The molecule has 2 aliphatic heterocycles.